The first-order chi connectivity index (χ1) is 7.81. The van der Waals surface area contributed by atoms with E-state index in [0.717, 1.165) is 18.7 Å². The molecular weight excluding hydrogens is 306 g/mol. The van der Waals surface area contributed by atoms with E-state index in [1.807, 2.05) is 5.38 Å². The molecule has 0 radical (unpaired) electrons. The topological polar surface area (TPSA) is 37.8 Å². The van der Waals surface area contributed by atoms with Crippen LogP contribution < -0.4 is 5.32 Å². The standard InChI is InChI=1S/C10H12BrN3S2/c1-2-12-8(9-6-16-14-13-9)5-10-7(11)3-4-15-10/h3-4,6,8,12H,2,5H2,1H3. The minimum absolute atomic E-state index is 0.263. The molecule has 16 heavy (non-hydrogen) atoms. The Kier molecular flexibility index (Phi) is 4.45. The van der Waals surface area contributed by atoms with Crippen molar-refractivity contribution < 1.29 is 0 Å². The average Bonchev–Trinajstić information content (AvgIpc) is 2.90. The Morgan fingerprint density at radius 1 is 1.56 bits per heavy atom. The lowest BCUT2D eigenvalue weighted by atomic mass is 10.1. The smallest absolute Gasteiger partial charge is 0.0928 e. The Hall–Kier alpha value is -0.300. The SMILES string of the molecule is CCNC(Cc1sccc1Br)c1csnn1. The zero-order chi connectivity index (χ0) is 11.4. The van der Waals surface area contributed by atoms with Crippen molar-refractivity contribution in [2.45, 2.75) is 19.4 Å². The maximum absolute atomic E-state index is 4.14. The molecule has 86 valence electrons. The second-order valence-corrected chi connectivity index (χ2v) is 5.80. The Labute approximate surface area is 111 Å². The fraction of sp³-hybridized carbons (Fsp3) is 0.400. The molecule has 2 aromatic rings. The predicted molar refractivity (Wildman–Crippen MR) is 72.0 cm³/mol. The van der Waals surface area contributed by atoms with Gasteiger partial charge in [-0.05, 0) is 45.5 Å². The largest absolute Gasteiger partial charge is 0.309 e. The molecule has 0 saturated carbocycles. The molecule has 1 unspecified atom stereocenters. The summed E-state index contributed by atoms with van der Waals surface area (Å²) in [7, 11) is 0. The van der Waals surface area contributed by atoms with Crippen LogP contribution in [-0.4, -0.2) is 16.1 Å². The van der Waals surface area contributed by atoms with Crippen LogP contribution in [0.25, 0.3) is 0 Å². The first-order valence-corrected chi connectivity index (χ1v) is 7.54. The van der Waals surface area contributed by atoms with Crippen molar-refractivity contribution in [3.05, 3.63) is 31.9 Å². The van der Waals surface area contributed by atoms with Crippen LogP contribution in [0.2, 0.25) is 0 Å². The Bertz CT molecular complexity index is 427. The highest BCUT2D eigenvalue weighted by Gasteiger charge is 2.15. The predicted octanol–water partition coefficient (Wildman–Crippen LogP) is 3.26. The highest BCUT2D eigenvalue weighted by Crippen LogP contribution is 2.27. The van der Waals surface area contributed by atoms with E-state index < -0.39 is 0 Å². The molecule has 2 heterocycles. The molecule has 0 amide bonds. The fourth-order valence-electron chi connectivity index (χ4n) is 1.51. The van der Waals surface area contributed by atoms with Crippen LogP contribution in [-0.2, 0) is 6.42 Å². The zero-order valence-electron chi connectivity index (χ0n) is 8.81. The fourth-order valence-corrected chi connectivity index (χ4v) is 3.58. The van der Waals surface area contributed by atoms with Crippen molar-refractivity contribution in [1.29, 1.82) is 0 Å². The Balaban J connectivity index is 2.12. The summed E-state index contributed by atoms with van der Waals surface area (Å²) in [6.45, 7) is 3.04. The molecule has 0 fully saturated rings. The van der Waals surface area contributed by atoms with Gasteiger partial charge in [-0.3, -0.25) is 0 Å². The second-order valence-electron chi connectivity index (χ2n) is 3.34. The van der Waals surface area contributed by atoms with E-state index >= 15 is 0 Å². The van der Waals surface area contributed by atoms with Crippen molar-refractivity contribution in [3.63, 3.8) is 0 Å². The van der Waals surface area contributed by atoms with Crippen molar-refractivity contribution in [1.82, 2.24) is 14.9 Å². The van der Waals surface area contributed by atoms with E-state index in [2.05, 4.69) is 49.2 Å². The molecule has 0 saturated heterocycles. The number of hydrogen-bond acceptors (Lipinski definition) is 5. The molecule has 1 atom stereocenters. The summed E-state index contributed by atoms with van der Waals surface area (Å²) in [6.07, 6.45) is 0.956. The third kappa shape index (κ3) is 2.88. The van der Waals surface area contributed by atoms with Crippen LogP contribution in [0.3, 0.4) is 0 Å². The van der Waals surface area contributed by atoms with Crippen LogP contribution in [0.15, 0.2) is 21.3 Å². The number of hydrogen-bond donors (Lipinski definition) is 1. The van der Waals surface area contributed by atoms with Gasteiger partial charge >= 0.3 is 0 Å². The van der Waals surface area contributed by atoms with Gasteiger partial charge in [0, 0.05) is 21.2 Å². The summed E-state index contributed by atoms with van der Waals surface area (Å²) in [6, 6.07) is 2.35. The highest BCUT2D eigenvalue weighted by molar-refractivity contribution is 9.10. The van der Waals surface area contributed by atoms with Gasteiger partial charge in [0.15, 0.2) is 0 Å². The first-order valence-electron chi connectivity index (χ1n) is 5.03. The molecule has 0 bridgehead atoms. The molecule has 0 aromatic carbocycles. The third-order valence-corrected chi connectivity index (χ3v) is 4.74. The van der Waals surface area contributed by atoms with Crippen LogP contribution in [0.1, 0.15) is 23.5 Å². The minimum Gasteiger partial charge on any atom is -0.309 e. The lowest BCUT2D eigenvalue weighted by Crippen LogP contribution is -2.23. The number of thiophene rings is 1. The molecule has 2 aromatic heterocycles. The molecular formula is C10H12BrN3S2. The van der Waals surface area contributed by atoms with E-state index in [-0.39, 0.29) is 6.04 Å². The van der Waals surface area contributed by atoms with Gasteiger partial charge in [-0.15, -0.1) is 16.4 Å². The van der Waals surface area contributed by atoms with Crippen LogP contribution in [0, 0.1) is 0 Å². The average molecular weight is 318 g/mol. The lowest BCUT2D eigenvalue weighted by Gasteiger charge is -2.14. The second kappa shape index (κ2) is 5.86. The van der Waals surface area contributed by atoms with E-state index in [1.165, 1.54) is 20.9 Å². The van der Waals surface area contributed by atoms with Gasteiger partial charge in [0.25, 0.3) is 0 Å². The third-order valence-electron chi connectivity index (χ3n) is 2.26. The number of nitrogens with one attached hydrogen (secondary N) is 1. The number of aromatic nitrogens is 2. The van der Waals surface area contributed by atoms with Crippen molar-refractivity contribution >= 4 is 38.8 Å². The van der Waals surface area contributed by atoms with Gasteiger partial charge in [-0.25, -0.2) is 0 Å². The zero-order valence-corrected chi connectivity index (χ0v) is 12.0. The van der Waals surface area contributed by atoms with Gasteiger partial charge in [0.2, 0.25) is 0 Å². The summed E-state index contributed by atoms with van der Waals surface area (Å²) in [5.74, 6) is 0. The summed E-state index contributed by atoms with van der Waals surface area (Å²) in [5, 5.41) is 11.7. The highest BCUT2D eigenvalue weighted by atomic mass is 79.9. The van der Waals surface area contributed by atoms with Gasteiger partial charge in [-0.2, -0.15) is 0 Å². The van der Waals surface area contributed by atoms with E-state index in [1.54, 1.807) is 11.3 Å². The normalized spacial score (nSPS) is 12.9. The van der Waals surface area contributed by atoms with Gasteiger partial charge in [0.05, 0.1) is 11.7 Å². The molecule has 3 nitrogen and oxygen atoms in total. The van der Waals surface area contributed by atoms with E-state index in [0.29, 0.717) is 0 Å². The van der Waals surface area contributed by atoms with Gasteiger partial charge in [-0.1, -0.05) is 11.4 Å². The molecule has 6 heteroatoms. The number of likely N-dealkylation sites (N-methyl/N-ethyl adjacent to an activating group) is 1. The monoisotopic (exact) mass is 317 g/mol. The van der Waals surface area contributed by atoms with Crippen molar-refractivity contribution in [3.8, 4) is 0 Å². The number of halogens is 1. The molecule has 0 aliphatic heterocycles. The molecule has 0 aliphatic carbocycles. The van der Waals surface area contributed by atoms with E-state index in [4.69, 9.17) is 0 Å². The first kappa shape index (κ1) is 12.2. The van der Waals surface area contributed by atoms with Crippen molar-refractivity contribution in [2.75, 3.05) is 6.54 Å². The minimum atomic E-state index is 0.263. The Morgan fingerprint density at radius 2 is 2.44 bits per heavy atom. The maximum atomic E-state index is 4.14. The summed E-state index contributed by atoms with van der Waals surface area (Å²) in [4.78, 5) is 1.35. The van der Waals surface area contributed by atoms with Gasteiger partial charge < -0.3 is 5.32 Å². The summed E-state index contributed by atoms with van der Waals surface area (Å²) >= 11 is 6.73. The Morgan fingerprint density at radius 3 is 3.00 bits per heavy atom. The number of rotatable bonds is 5. The summed E-state index contributed by atoms with van der Waals surface area (Å²) in [5.41, 5.74) is 1.03. The van der Waals surface area contributed by atoms with Crippen LogP contribution >= 0.6 is 38.8 Å². The molecule has 0 aliphatic rings. The quantitative estimate of drug-likeness (QED) is 0.919. The van der Waals surface area contributed by atoms with Crippen LogP contribution in [0.4, 0.5) is 0 Å². The lowest BCUT2D eigenvalue weighted by molar-refractivity contribution is 0.538. The van der Waals surface area contributed by atoms with Crippen LogP contribution in [0.5, 0.6) is 0 Å². The van der Waals surface area contributed by atoms with Crippen molar-refractivity contribution in [2.24, 2.45) is 0 Å². The molecule has 0 spiro atoms. The molecule has 2 rings (SSSR count). The molecule has 1 N–H and O–H groups in total. The summed E-state index contributed by atoms with van der Waals surface area (Å²) < 4.78 is 5.10. The van der Waals surface area contributed by atoms with E-state index in [9.17, 15) is 0 Å². The number of nitrogens with zero attached hydrogens (tertiary/aromatic N) is 2. The van der Waals surface area contributed by atoms with Gasteiger partial charge in [0.1, 0.15) is 0 Å². The maximum Gasteiger partial charge on any atom is 0.0928 e.